The van der Waals surface area contributed by atoms with Gasteiger partial charge in [0.25, 0.3) is 0 Å². The molecular formula is C11H20BFN2O2. The fraction of sp³-hybridized carbons (Fsp3) is 0.727. The quantitative estimate of drug-likeness (QED) is 0.438. The minimum atomic E-state index is -0.579. The molecule has 0 bridgehead atoms. The summed E-state index contributed by atoms with van der Waals surface area (Å²) in [4.78, 5) is 0. The molecule has 0 spiro atoms. The molecule has 6 heteroatoms. The van der Waals surface area contributed by atoms with Crippen molar-refractivity contribution in [2.45, 2.75) is 38.9 Å². The van der Waals surface area contributed by atoms with Crippen molar-refractivity contribution in [3.63, 3.8) is 0 Å². The molecule has 0 unspecified atom stereocenters. The number of hydrogen-bond donors (Lipinski definition) is 2. The lowest BCUT2D eigenvalue weighted by atomic mass is 9.79. The summed E-state index contributed by atoms with van der Waals surface area (Å²) in [6, 6.07) is 0. The van der Waals surface area contributed by atoms with Gasteiger partial charge in [-0.05, 0) is 33.9 Å². The van der Waals surface area contributed by atoms with Crippen molar-refractivity contribution in [2.75, 3.05) is 13.2 Å². The number of rotatable bonds is 5. The molecule has 0 aromatic rings. The monoisotopic (exact) mass is 242 g/mol. The van der Waals surface area contributed by atoms with Crippen LogP contribution in [0.25, 0.3) is 0 Å². The SMILES string of the molecule is CC1(C)OB(/C(C=N)=C/NCCF)OC1(C)C. The van der Waals surface area contributed by atoms with Crippen LogP contribution in [0, 0.1) is 5.41 Å². The Kier molecular flexibility index (Phi) is 4.33. The van der Waals surface area contributed by atoms with Gasteiger partial charge in [0, 0.05) is 18.2 Å². The van der Waals surface area contributed by atoms with Crippen molar-refractivity contribution >= 4 is 13.3 Å². The van der Waals surface area contributed by atoms with E-state index < -0.39 is 25.0 Å². The highest BCUT2D eigenvalue weighted by atomic mass is 19.1. The molecule has 0 aromatic heterocycles. The zero-order valence-corrected chi connectivity index (χ0v) is 10.8. The maximum Gasteiger partial charge on any atom is 0.497 e. The fourth-order valence-corrected chi connectivity index (χ4v) is 1.40. The van der Waals surface area contributed by atoms with Crippen molar-refractivity contribution in [3.8, 4) is 0 Å². The molecule has 1 rings (SSSR count). The largest absolute Gasteiger partial charge is 0.497 e. The number of alkyl halides is 1. The van der Waals surface area contributed by atoms with Gasteiger partial charge in [-0.15, -0.1) is 0 Å². The molecule has 1 saturated heterocycles. The smallest absolute Gasteiger partial charge is 0.399 e. The maximum absolute atomic E-state index is 12.0. The summed E-state index contributed by atoms with van der Waals surface area (Å²) >= 11 is 0. The molecule has 0 saturated carbocycles. The average molecular weight is 242 g/mol. The van der Waals surface area contributed by atoms with E-state index in [9.17, 15) is 4.39 Å². The second-order valence-electron chi connectivity index (χ2n) is 5.02. The molecule has 1 aliphatic rings. The maximum atomic E-state index is 12.0. The van der Waals surface area contributed by atoms with Crippen LogP contribution in [0.3, 0.4) is 0 Å². The molecule has 1 heterocycles. The predicted molar refractivity (Wildman–Crippen MR) is 66.9 cm³/mol. The number of halogens is 1. The van der Waals surface area contributed by atoms with Crippen molar-refractivity contribution in [1.29, 1.82) is 5.41 Å². The van der Waals surface area contributed by atoms with Crippen molar-refractivity contribution in [3.05, 3.63) is 11.7 Å². The zero-order chi connectivity index (χ0) is 13.1. The molecule has 96 valence electrons. The molecule has 0 amide bonds. The Morgan fingerprint density at radius 2 is 1.82 bits per heavy atom. The normalized spacial score (nSPS) is 22.6. The predicted octanol–water partition coefficient (Wildman–Crippen LogP) is 1.71. The standard InChI is InChI=1S/C11H20BFN2O2/c1-10(2)11(3,4)17-12(16-10)9(7-14)8-15-6-5-13/h7-8,14-15H,5-6H2,1-4H3/b9-8+,14-7?. The first kappa shape index (κ1) is 14.2. The van der Waals surface area contributed by atoms with E-state index in [4.69, 9.17) is 14.7 Å². The van der Waals surface area contributed by atoms with Gasteiger partial charge in [0.1, 0.15) is 6.67 Å². The van der Waals surface area contributed by atoms with Crippen molar-refractivity contribution < 1.29 is 13.7 Å². The Hall–Kier alpha value is -0.875. The van der Waals surface area contributed by atoms with E-state index in [2.05, 4.69) is 5.32 Å². The average Bonchev–Trinajstić information content (AvgIpc) is 2.43. The summed E-state index contributed by atoms with van der Waals surface area (Å²) in [6.45, 7) is 7.56. The minimum absolute atomic E-state index is 0.219. The third kappa shape index (κ3) is 3.07. The van der Waals surface area contributed by atoms with Gasteiger partial charge in [-0.3, -0.25) is 0 Å². The molecule has 0 radical (unpaired) electrons. The van der Waals surface area contributed by atoms with Crippen LogP contribution in [-0.4, -0.2) is 37.8 Å². The van der Waals surface area contributed by atoms with E-state index in [1.807, 2.05) is 27.7 Å². The van der Waals surface area contributed by atoms with E-state index in [1.165, 1.54) is 0 Å². The minimum Gasteiger partial charge on any atom is -0.399 e. The lowest BCUT2D eigenvalue weighted by Gasteiger charge is -2.32. The summed E-state index contributed by atoms with van der Waals surface area (Å²) in [5, 5.41) is 10.1. The molecule has 0 atom stereocenters. The molecule has 0 aromatic carbocycles. The van der Waals surface area contributed by atoms with Gasteiger partial charge < -0.3 is 20.0 Å². The topological polar surface area (TPSA) is 54.3 Å². The molecule has 2 N–H and O–H groups in total. The van der Waals surface area contributed by atoms with E-state index in [0.29, 0.717) is 5.47 Å². The van der Waals surface area contributed by atoms with Gasteiger partial charge in [0.2, 0.25) is 0 Å². The second kappa shape index (κ2) is 5.18. The Bertz CT molecular complexity index is 303. The van der Waals surface area contributed by atoms with E-state index >= 15 is 0 Å². The van der Waals surface area contributed by atoms with Gasteiger partial charge in [0.15, 0.2) is 0 Å². The van der Waals surface area contributed by atoms with Gasteiger partial charge in [-0.1, -0.05) is 0 Å². The molecular weight excluding hydrogens is 222 g/mol. The van der Waals surface area contributed by atoms with E-state index in [1.54, 1.807) is 6.20 Å². The number of nitrogens with one attached hydrogen (secondary N) is 2. The first-order valence-electron chi connectivity index (χ1n) is 5.69. The second-order valence-corrected chi connectivity index (χ2v) is 5.02. The van der Waals surface area contributed by atoms with Crippen LogP contribution in [0.2, 0.25) is 0 Å². The van der Waals surface area contributed by atoms with Crippen LogP contribution in [0.1, 0.15) is 27.7 Å². The Morgan fingerprint density at radius 3 is 2.24 bits per heavy atom. The van der Waals surface area contributed by atoms with Crippen LogP contribution in [-0.2, 0) is 9.31 Å². The highest BCUT2D eigenvalue weighted by Crippen LogP contribution is 2.38. The van der Waals surface area contributed by atoms with Crippen LogP contribution in [0.4, 0.5) is 4.39 Å². The summed E-state index contributed by atoms with van der Waals surface area (Å²) in [7, 11) is -0.579. The van der Waals surface area contributed by atoms with Gasteiger partial charge in [-0.25, -0.2) is 4.39 Å². The van der Waals surface area contributed by atoms with E-state index in [0.717, 1.165) is 6.21 Å². The van der Waals surface area contributed by atoms with E-state index in [-0.39, 0.29) is 6.54 Å². The summed E-state index contributed by atoms with van der Waals surface area (Å²) < 4.78 is 23.5. The Morgan fingerprint density at radius 1 is 1.29 bits per heavy atom. The lowest BCUT2D eigenvalue weighted by molar-refractivity contribution is 0.00578. The van der Waals surface area contributed by atoms with Crippen molar-refractivity contribution in [1.82, 2.24) is 5.32 Å². The highest BCUT2D eigenvalue weighted by Gasteiger charge is 2.52. The van der Waals surface area contributed by atoms with Crippen LogP contribution in [0.5, 0.6) is 0 Å². The third-order valence-corrected chi connectivity index (χ3v) is 3.20. The summed E-state index contributed by atoms with van der Waals surface area (Å²) in [5.74, 6) is 0. The van der Waals surface area contributed by atoms with Gasteiger partial charge in [-0.2, -0.15) is 0 Å². The zero-order valence-electron chi connectivity index (χ0n) is 10.8. The Balaban J connectivity index is 2.74. The van der Waals surface area contributed by atoms with Crippen LogP contribution in [0.15, 0.2) is 11.7 Å². The van der Waals surface area contributed by atoms with Crippen LogP contribution >= 0.6 is 0 Å². The summed E-state index contributed by atoms with van der Waals surface area (Å²) in [6.07, 6.45) is 2.72. The Labute approximate surface area is 102 Å². The fourth-order valence-electron chi connectivity index (χ4n) is 1.40. The van der Waals surface area contributed by atoms with Crippen molar-refractivity contribution in [2.24, 2.45) is 0 Å². The molecule has 0 aliphatic carbocycles. The highest BCUT2D eigenvalue weighted by molar-refractivity contribution is 6.60. The molecule has 1 fully saturated rings. The molecule has 17 heavy (non-hydrogen) atoms. The number of allylic oxidation sites excluding steroid dienone is 1. The molecule has 4 nitrogen and oxygen atoms in total. The third-order valence-electron chi connectivity index (χ3n) is 3.20. The summed E-state index contributed by atoms with van der Waals surface area (Å²) in [5.41, 5.74) is -0.309. The number of hydrogen-bond acceptors (Lipinski definition) is 4. The van der Waals surface area contributed by atoms with Gasteiger partial charge in [0.05, 0.1) is 11.2 Å². The lowest BCUT2D eigenvalue weighted by Crippen LogP contribution is -2.41. The van der Waals surface area contributed by atoms with Gasteiger partial charge >= 0.3 is 7.12 Å². The first-order valence-corrected chi connectivity index (χ1v) is 5.69. The first-order chi connectivity index (χ1) is 7.84. The van der Waals surface area contributed by atoms with Crippen LogP contribution < -0.4 is 5.32 Å². The molecule has 1 aliphatic heterocycles.